The van der Waals surface area contributed by atoms with Crippen LogP contribution in [-0.2, 0) is 0 Å². The van der Waals surface area contributed by atoms with Gasteiger partial charge >= 0.3 is 0 Å². The predicted octanol–water partition coefficient (Wildman–Crippen LogP) is 4.34. The van der Waals surface area contributed by atoms with Gasteiger partial charge in [0, 0.05) is 35.5 Å². The maximum absolute atomic E-state index is 12.9. The monoisotopic (exact) mass is 441 g/mol. The van der Waals surface area contributed by atoms with E-state index in [1.807, 2.05) is 30.3 Å². The number of aromatic nitrogens is 1. The summed E-state index contributed by atoms with van der Waals surface area (Å²) < 4.78 is 5.86. The van der Waals surface area contributed by atoms with Crippen LogP contribution < -0.4 is 5.32 Å². The Morgan fingerprint density at radius 3 is 2.67 bits per heavy atom. The van der Waals surface area contributed by atoms with E-state index < -0.39 is 6.10 Å². The van der Waals surface area contributed by atoms with Crippen molar-refractivity contribution in [3.63, 3.8) is 0 Å². The Bertz CT molecular complexity index is 1320. The standard InChI is InChI=1S/C26H23N3O4/c30-21-10-5-13-29(16-21)26(32)19-8-4-9-20(14-19)27-24(31)18-11-12-22-23(15-18)33-25(28-22)17-6-2-1-3-7-17/h1-4,6-9,11-12,14-15,21,30H,5,10,13,16H2,(H,27,31). The Balaban J connectivity index is 1.33. The van der Waals surface area contributed by atoms with Crippen LogP contribution in [0.15, 0.2) is 77.2 Å². The first-order valence-electron chi connectivity index (χ1n) is 10.9. The number of oxazole rings is 1. The first-order chi connectivity index (χ1) is 16.1. The van der Waals surface area contributed by atoms with Crippen molar-refractivity contribution in [2.75, 3.05) is 18.4 Å². The highest BCUT2D eigenvalue weighted by Gasteiger charge is 2.23. The van der Waals surface area contributed by atoms with Crippen LogP contribution in [0.1, 0.15) is 33.6 Å². The molecule has 0 saturated carbocycles. The van der Waals surface area contributed by atoms with Crippen molar-refractivity contribution in [2.45, 2.75) is 18.9 Å². The molecule has 3 aromatic carbocycles. The number of anilines is 1. The van der Waals surface area contributed by atoms with E-state index in [1.165, 1.54) is 0 Å². The number of benzene rings is 3. The molecule has 2 heterocycles. The number of rotatable bonds is 4. The molecule has 1 fully saturated rings. The topological polar surface area (TPSA) is 95.7 Å². The Labute approximate surface area is 190 Å². The molecule has 1 aromatic heterocycles. The summed E-state index contributed by atoms with van der Waals surface area (Å²) in [5, 5.41) is 12.7. The number of likely N-dealkylation sites (tertiary alicyclic amines) is 1. The number of fused-ring (bicyclic) bond motifs is 1. The van der Waals surface area contributed by atoms with Crippen molar-refractivity contribution in [1.82, 2.24) is 9.88 Å². The van der Waals surface area contributed by atoms with E-state index in [0.29, 0.717) is 53.3 Å². The van der Waals surface area contributed by atoms with Gasteiger partial charge in [0.25, 0.3) is 11.8 Å². The van der Waals surface area contributed by atoms with Crippen LogP contribution in [0.5, 0.6) is 0 Å². The minimum absolute atomic E-state index is 0.152. The molecule has 1 atom stereocenters. The van der Waals surface area contributed by atoms with Gasteiger partial charge in [-0.15, -0.1) is 0 Å². The predicted molar refractivity (Wildman–Crippen MR) is 125 cm³/mol. The average Bonchev–Trinajstić information content (AvgIpc) is 3.28. The molecule has 2 N–H and O–H groups in total. The summed E-state index contributed by atoms with van der Waals surface area (Å²) in [6, 6.07) is 21.5. The minimum atomic E-state index is -0.487. The van der Waals surface area contributed by atoms with Crippen LogP contribution in [0.2, 0.25) is 0 Å². The number of amides is 2. The molecule has 1 aliphatic rings. The lowest BCUT2D eigenvalue weighted by atomic mass is 10.1. The summed E-state index contributed by atoms with van der Waals surface area (Å²) in [6.45, 7) is 0.951. The SMILES string of the molecule is O=C(Nc1cccc(C(=O)N2CCCC(O)C2)c1)c1ccc2nc(-c3ccccc3)oc2c1. The Morgan fingerprint density at radius 1 is 1.00 bits per heavy atom. The van der Waals surface area contributed by atoms with Crippen LogP contribution in [0, 0.1) is 0 Å². The average molecular weight is 441 g/mol. The zero-order chi connectivity index (χ0) is 22.8. The third kappa shape index (κ3) is 4.49. The molecule has 0 aliphatic carbocycles. The molecule has 1 saturated heterocycles. The number of piperidine rings is 1. The fourth-order valence-corrected chi connectivity index (χ4v) is 4.03. The molecule has 7 heteroatoms. The van der Waals surface area contributed by atoms with E-state index in [1.54, 1.807) is 47.4 Å². The number of nitrogens with one attached hydrogen (secondary N) is 1. The maximum Gasteiger partial charge on any atom is 0.255 e. The molecule has 0 bridgehead atoms. The van der Waals surface area contributed by atoms with Crippen LogP contribution in [0.4, 0.5) is 5.69 Å². The van der Waals surface area contributed by atoms with Crippen molar-refractivity contribution in [3.05, 3.63) is 83.9 Å². The van der Waals surface area contributed by atoms with Crippen molar-refractivity contribution in [1.29, 1.82) is 0 Å². The normalized spacial score (nSPS) is 16.0. The lowest BCUT2D eigenvalue weighted by Crippen LogP contribution is -2.42. The van der Waals surface area contributed by atoms with Gasteiger partial charge in [-0.1, -0.05) is 24.3 Å². The highest BCUT2D eigenvalue weighted by Crippen LogP contribution is 2.25. The van der Waals surface area contributed by atoms with Gasteiger partial charge in [0.05, 0.1) is 6.10 Å². The first kappa shape index (κ1) is 20.9. The van der Waals surface area contributed by atoms with Crippen molar-refractivity contribution in [2.24, 2.45) is 0 Å². The zero-order valence-corrected chi connectivity index (χ0v) is 17.9. The van der Waals surface area contributed by atoms with E-state index in [4.69, 9.17) is 4.42 Å². The highest BCUT2D eigenvalue weighted by molar-refractivity contribution is 6.06. The molecule has 5 rings (SSSR count). The second-order valence-electron chi connectivity index (χ2n) is 8.15. The van der Waals surface area contributed by atoms with Gasteiger partial charge in [-0.3, -0.25) is 9.59 Å². The van der Waals surface area contributed by atoms with Crippen molar-refractivity contribution >= 4 is 28.6 Å². The number of β-amino-alcohol motifs (C(OH)–C–C–N with tert-alkyl or cyclic N) is 1. The lowest BCUT2D eigenvalue weighted by molar-refractivity contribution is 0.0474. The van der Waals surface area contributed by atoms with Crippen LogP contribution in [0.3, 0.4) is 0 Å². The Kier molecular flexibility index (Phi) is 5.62. The van der Waals surface area contributed by atoms with Crippen LogP contribution in [0.25, 0.3) is 22.6 Å². The van der Waals surface area contributed by atoms with E-state index in [-0.39, 0.29) is 11.8 Å². The van der Waals surface area contributed by atoms with Gasteiger partial charge in [-0.25, -0.2) is 4.98 Å². The largest absolute Gasteiger partial charge is 0.436 e. The van der Waals surface area contributed by atoms with Crippen molar-refractivity contribution < 1.29 is 19.1 Å². The summed E-state index contributed by atoms with van der Waals surface area (Å²) in [5.74, 6) is 0.0335. The molecule has 2 amide bonds. The third-order valence-corrected chi connectivity index (χ3v) is 5.72. The number of aliphatic hydroxyl groups is 1. The number of carbonyl (C=O) groups excluding carboxylic acids is 2. The number of hydrogen-bond acceptors (Lipinski definition) is 5. The second kappa shape index (κ2) is 8.88. The fraction of sp³-hybridized carbons (Fsp3) is 0.192. The Hall–Kier alpha value is -3.97. The number of nitrogens with zero attached hydrogens (tertiary/aromatic N) is 2. The summed E-state index contributed by atoms with van der Waals surface area (Å²) in [5.41, 5.74) is 3.47. The van der Waals surface area contributed by atoms with Crippen LogP contribution in [-0.4, -0.2) is 46.0 Å². The number of hydrogen-bond donors (Lipinski definition) is 2. The van der Waals surface area contributed by atoms with Gasteiger partial charge in [0.1, 0.15) is 5.52 Å². The fourth-order valence-electron chi connectivity index (χ4n) is 4.03. The first-order valence-corrected chi connectivity index (χ1v) is 10.9. The van der Waals surface area contributed by atoms with Gasteiger partial charge in [-0.2, -0.15) is 0 Å². The van der Waals surface area contributed by atoms with Gasteiger partial charge in [0.15, 0.2) is 5.58 Å². The van der Waals surface area contributed by atoms with Crippen LogP contribution >= 0.6 is 0 Å². The van der Waals surface area contributed by atoms with E-state index in [2.05, 4.69) is 10.3 Å². The van der Waals surface area contributed by atoms with E-state index in [9.17, 15) is 14.7 Å². The molecule has 1 aliphatic heterocycles. The molecule has 1 unspecified atom stereocenters. The summed E-state index contributed by atoms with van der Waals surface area (Å²) in [4.78, 5) is 31.8. The minimum Gasteiger partial charge on any atom is -0.436 e. The molecular weight excluding hydrogens is 418 g/mol. The van der Waals surface area contributed by atoms with Crippen molar-refractivity contribution in [3.8, 4) is 11.5 Å². The molecule has 0 spiro atoms. The zero-order valence-electron chi connectivity index (χ0n) is 17.9. The maximum atomic E-state index is 12.9. The molecule has 33 heavy (non-hydrogen) atoms. The molecule has 166 valence electrons. The number of aliphatic hydroxyl groups excluding tert-OH is 1. The molecular formula is C26H23N3O4. The summed E-state index contributed by atoms with van der Waals surface area (Å²) in [6.07, 6.45) is 1.00. The second-order valence-corrected chi connectivity index (χ2v) is 8.15. The quantitative estimate of drug-likeness (QED) is 0.491. The molecule has 0 radical (unpaired) electrons. The number of carbonyl (C=O) groups is 2. The van der Waals surface area contributed by atoms with E-state index >= 15 is 0 Å². The van der Waals surface area contributed by atoms with E-state index in [0.717, 1.165) is 12.0 Å². The summed E-state index contributed by atoms with van der Waals surface area (Å²) >= 11 is 0. The lowest BCUT2D eigenvalue weighted by Gasteiger charge is -2.30. The molecule has 7 nitrogen and oxygen atoms in total. The van der Waals surface area contributed by atoms with Gasteiger partial charge in [0.2, 0.25) is 5.89 Å². The Morgan fingerprint density at radius 2 is 1.85 bits per heavy atom. The highest BCUT2D eigenvalue weighted by atomic mass is 16.3. The third-order valence-electron chi connectivity index (χ3n) is 5.72. The van der Waals surface area contributed by atoms with Gasteiger partial charge < -0.3 is 19.7 Å². The summed E-state index contributed by atoms with van der Waals surface area (Å²) in [7, 11) is 0. The smallest absolute Gasteiger partial charge is 0.255 e. The van der Waals surface area contributed by atoms with Gasteiger partial charge in [-0.05, 0) is 61.4 Å². The molecule has 4 aromatic rings.